The first kappa shape index (κ1) is 97.1. The number of carbonyl (C=O) groups excluding carboxylic acids is 19. The average molecular weight is 1790 g/mol. The Balaban J connectivity index is 1.73. The van der Waals surface area contributed by atoms with Gasteiger partial charge in [-0.25, -0.2) is 0 Å². The summed E-state index contributed by atoms with van der Waals surface area (Å²) in [7, 11) is 0. The molecule has 0 unspecified atom stereocenters. The zero-order valence-electron chi connectivity index (χ0n) is 71.2. The third-order valence-electron chi connectivity index (χ3n) is 14.7. The highest BCUT2D eigenvalue weighted by atomic mass is 16.6. The van der Waals surface area contributed by atoms with Gasteiger partial charge in [0, 0.05) is 223 Å². The van der Waals surface area contributed by atoms with Crippen LogP contribution in [-0.2, 0) is 91.1 Å². The molecule has 0 aromatic heterocycles. The van der Waals surface area contributed by atoms with Gasteiger partial charge in [0.15, 0.2) is 57.5 Å². The molecular formula is C86H72O43. The molecule has 674 valence electrons. The predicted molar refractivity (Wildman–Crippen MR) is 425 cm³/mol. The quantitative estimate of drug-likeness (QED) is 0.0288. The van der Waals surface area contributed by atoms with Gasteiger partial charge in [-0.1, -0.05) is 0 Å². The van der Waals surface area contributed by atoms with Crippen LogP contribution < -0.4 is 114 Å². The number of rotatable bonds is 31. The van der Waals surface area contributed by atoms with Crippen LogP contribution in [0, 0.1) is 0 Å². The van der Waals surface area contributed by atoms with E-state index in [1.54, 1.807) is 0 Å². The molecule has 0 radical (unpaired) electrons. The summed E-state index contributed by atoms with van der Waals surface area (Å²) >= 11 is 0. The molecule has 0 spiro atoms. The molecule has 8 aromatic rings. The van der Waals surface area contributed by atoms with Gasteiger partial charge < -0.3 is 114 Å². The Hall–Kier alpha value is -17.3. The van der Waals surface area contributed by atoms with Crippen LogP contribution >= 0.6 is 0 Å². The smallest absolute Gasteiger partial charge is 0.308 e. The van der Waals surface area contributed by atoms with Crippen molar-refractivity contribution in [2.24, 2.45) is 0 Å². The van der Waals surface area contributed by atoms with Crippen LogP contribution in [0.5, 0.6) is 167 Å². The Labute approximate surface area is 726 Å². The second-order valence-corrected chi connectivity index (χ2v) is 26.1. The van der Waals surface area contributed by atoms with Crippen LogP contribution in [0.4, 0.5) is 0 Å². The summed E-state index contributed by atoms with van der Waals surface area (Å²) in [4.78, 5) is 254. The summed E-state index contributed by atoms with van der Waals surface area (Å²) in [6.07, 6.45) is 0. The molecule has 0 N–H and O–H groups in total. The van der Waals surface area contributed by atoms with E-state index in [-0.39, 0.29) is 0 Å². The van der Waals surface area contributed by atoms with Gasteiger partial charge in [0.05, 0.1) is 22.3 Å². The van der Waals surface area contributed by atoms with Crippen molar-refractivity contribution >= 4 is 113 Å². The number of esters is 19. The number of benzene rings is 8. The first-order chi connectivity index (χ1) is 60.4. The third kappa shape index (κ3) is 27.3. The zero-order chi connectivity index (χ0) is 95.6. The topological polar surface area (TPSA) is 546 Å². The summed E-state index contributed by atoms with van der Waals surface area (Å²) in [6, 6.07) is 12.5. The number of ether oxygens (including phenoxy) is 24. The maximum Gasteiger partial charge on any atom is 0.308 e. The summed E-state index contributed by atoms with van der Waals surface area (Å²) in [5.74, 6) is -47.9. The van der Waals surface area contributed by atoms with Crippen molar-refractivity contribution in [3.05, 3.63) is 91.0 Å². The summed E-state index contributed by atoms with van der Waals surface area (Å²) in [6.45, 7) is 16.4. The van der Waals surface area contributed by atoms with Gasteiger partial charge in [-0.15, -0.1) is 0 Å². The molecule has 0 aliphatic carbocycles. The first-order valence-electron chi connectivity index (χ1n) is 36.8. The molecule has 129 heavy (non-hydrogen) atoms. The van der Waals surface area contributed by atoms with E-state index in [1.807, 2.05) is 0 Å². The van der Waals surface area contributed by atoms with Gasteiger partial charge in [-0.05, 0) is 0 Å². The lowest BCUT2D eigenvalue weighted by Crippen LogP contribution is -2.13. The van der Waals surface area contributed by atoms with Crippen molar-refractivity contribution in [1.29, 1.82) is 0 Å². The van der Waals surface area contributed by atoms with E-state index in [1.165, 1.54) is 0 Å². The van der Waals surface area contributed by atoms with E-state index < -0.39 is 302 Å². The minimum absolute atomic E-state index is 0.500. The van der Waals surface area contributed by atoms with Gasteiger partial charge >= 0.3 is 113 Å². The van der Waals surface area contributed by atoms with Crippen LogP contribution in [0.2, 0.25) is 0 Å². The number of carbonyl (C=O) groups is 19. The Morgan fingerprint density at radius 2 is 0.279 bits per heavy atom. The molecular weight excluding hydrogens is 1720 g/mol. The molecule has 0 amide bonds. The lowest BCUT2D eigenvalue weighted by molar-refractivity contribution is -0.133. The third-order valence-corrected chi connectivity index (χ3v) is 14.7. The number of hydrogen-bond acceptors (Lipinski definition) is 43. The molecule has 0 saturated carbocycles. The Morgan fingerprint density at radius 3 is 0.488 bits per heavy atom. The Bertz CT molecular complexity index is 5560. The molecule has 8 aromatic carbocycles. The molecule has 0 bridgehead atoms. The second kappa shape index (κ2) is 42.2. The van der Waals surface area contributed by atoms with Crippen molar-refractivity contribution in [1.82, 2.24) is 0 Å². The predicted octanol–water partition coefficient (Wildman–Crippen LogP) is 12.6. The monoisotopic (exact) mass is 1790 g/mol. The molecule has 8 rings (SSSR count). The van der Waals surface area contributed by atoms with Crippen LogP contribution in [0.1, 0.15) is 132 Å². The summed E-state index contributed by atoms with van der Waals surface area (Å²) in [5, 5.41) is 0. The molecule has 0 heterocycles. The fourth-order valence-corrected chi connectivity index (χ4v) is 11.3. The van der Waals surface area contributed by atoms with E-state index in [2.05, 4.69) is 0 Å². The van der Waals surface area contributed by atoms with E-state index in [0.717, 1.165) is 210 Å². The summed E-state index contributed by atoms with van der Waals surface area (Å²) in [5.41, 5.74) is -3.61. The molecule has 0 aliphatic rings. The molecule has 0 saturated heterocycles. The Morgan fingerprint density at radius 1 is 0.124 bits per heavy atom. The van der Waals surface area contributed by atoms with Gasteiger partial charge in [-0.3, -0.25) is 91.1 Å². The molecule has 0 atom stereocenters. The standard InChI is InChI=1S/C86H72O43/c1-35(87)106-54-20-55(107-36(2)88)22-56(21-54)125-80-72(128-83-74(121-50(16)102)33-66(126-81-68(117-46(12)98)27-59(110-39(5)91)28-69(81)118-47(13)99)78(85(83)123-52(18)104)76-62(113-42(8)94)23-57(108-37(3)89)24-63(76)114-43(9)95)31-61(112-41(7)93)32-73(80)129-84-75(122-51(17)103)34-67(127-82-70(119-48(14)100)29-60(111-40(6)92)30-71(82)120-49(15)101)79(86(84)124-53(19)105)77-64(115-44(10)96)25-58(109-38(4)90)26-65(77)116-45(11)97/h20-34H,1-19H3. The maximum absolute atomic E-state index is 14.4. The van der Waals surface area contributed by atoms with Crippen molar-refractivity contribution in [3.8, 4) is 189 Å². The van der Waals surface area contributed by atoms with Crippen molar-refractivity contribution in [2.45, 2.75) is 132 Å². The normalized spacial score (nSPS) is 10.4. The Kier molecular flexibility index (Phi) is 31.8. The SMILES string of the molecule is CC(=O)Oc1cc(OC(C)=O)cc(Oc2c(Oc3c(OC(C)=O)cc(Oc4c(OC(C)=O)cc(OC(C)=O)cc4OC(C)=O)c(-c4c(OC(C)=O)cc(OC(C)=O)cc4OC(C)=O)c3OC(C)=O)cc(OC(C)=O)cc2Oc2c(OC(C)=O)cc(Oc3c(OC(C)=O)cc(OC(C)=O)cc3OC(C)=O)c(-c3c(OC(C)=O)cc(OC(C)=O)cc3OC(C)=O)c2OC(C)=O)c1. The average Bonchev–Trinajstić information content (AvgIpc) is 0.743. The van der Waals surface area contributed by atoms with Crippen molar-refractivity contribution in [2.75, 3.05) is 0 Å². The van der Waals surface area contributed by atoms with Crippen LogP contribution in [-0.4, -0.2) is 113 Å². The molecule has 43 heteroatoms. The minimum Gasteiger partial charge on any atom is -0.449 e. The minimum atomic E-state index is -1.44. The highest BCUT2D eigenvalue weighted by molar-refractivity contribution is 5.98. The second-order valence-electron chi connectivity index (χ2n) is 26.1. The van der Waals surface area contributed by atoms with E-state index in [9.17, 15) is 91.1 Å². The first-order valence-corrected chi connectivity index (χ1v) is 36.8. The van der Waals surface area contributed by atoms with Crippen molar-refractivity contribution < 1.29 is 205 Å². The van der Waals surface area contributed by atoms with Gasteiger partial charge in [0.2, 0.25) is 28.7 Å². The highest BCUT2D eigenvalue weighted by Crippen LogP contribution is 2.63. The van der Waals surface area contributed by atoms with Crippen LogP contribution in [0.3, 0.4) is 0 Å². The maximum atomic E-state index is 14.4. The summed E-state index contributed by atoms with van der Waals surface area (Å²) < 4.78 is 141. The van der Waals surface area contributed by atoms with Gasteiger partial charge in [-0.2, -0.15) is 0 Å². The van der Waals surface area contributed by atoms with E-state index >= 15 is 0 Å². The lowest BCUT2D eigenvalue weighted by Gasteiger charge is -2.26. The van der Waals surface area contributed by atoms with E-state index in [0.29, 0.717) is 12.1 Å². The molecule has 43 nitrogen and oxygen atoms in total. The van der Waals surface area contributed by atoms with Gasteiger partial charge in [0.25, 0.3) is 0 Å². The van der Waals surface area contributed by atoms with Crippen LogP contribution in [0.15, 0.2) is 91.0 Å². The lowest BCUT2D eigenvalue weighted by atomic mass is 9.99. The van der Waals surface area contributed by atoms with Crippen LogP contribution in [0.25, 0.3) is 22.3 Å². The van der Waals surface area contributed by atoms with Gasteiger partial charge in [0.1, 0.15) is 80.5 Å². The zero-order valence-corrected chi connectivity index (χ0v) is 71.2. The fraction of sp³-hybridized carbons (Fsp3) is 0.221. The van der Waals surface area contributed by atoms with Crippen molar-refractivity contribution in [3.63, 3.8) is 0 Å². The molecule has 0 aliphatic heterocycles. The molecule has 0 fully saturated rings. The number of hydrogen-bond donors (Lipinski definition) is 0. The highest BCUT2D eigenvalue weighted by Gasteiger charge is 2.39. The largest absolute Gasteiger partial charge is 0.449 e. The fourth-order valence-electron chi connectivity index (χ4n) is 11.3. The van der Waals surface area contributed by atoms with E-state index in [4.69, 9.17) is 114 Å².